The van der Waals surface area contributed by atoms with Crippen molar-refractivity contribution in [3.05, 3.63) is 48.2 Å². The fraction of sp³-hybridized carbons (Fsp3) is 0.409. The summed E-state index contributed by atoms with van der Waals surface area (Å²) in [5.74, 6) is 0.499. The zero-order chi connectivity index (χ0) is 21.9. The molecule has 2 N–H and O–H groups in total. The Kier molecular flexibility index (Phi) is 6.45. The molecule has 1 atom stereocenters. The molecule has 1 aromatic heterocycles. The second kappa shape index (κ2) is 8.87. The average molecular weight is 426 g/mol. The first kappa shape index (κ1) is 21.8. The van der Waals surface area contributed by atoms with Crippen molar-refractivity contribution in [2.75, 3.05) is 36.9 Å². The molecule has 7 nitrogen and oxygen atoms in total. The van der Waals surface area contributed by atoms with Gasteiger partial charge in [0.25, 0.3) is 5.91 Å². The van der Waals surface area contributed by atoms with E-state index in [2.05, 4.69) is 52.3 Å². The van der Waals surface area contributed by atoms with Crippen LogP contribution in [-0.4, -0.2) is 62.6 Å². The third-order valence-corrected chi connectivity index (χ3v) is 7.51. The van der Waals surface area contributed by atoms with Gasteiger partial charge < -0.3 is 20.4 Å². The second-order valence-electron chi connectivity index (χ2n) is 8.70. The summed E-state index contributed by atoms with van der Waals surface area (Å²) in [7, 11) is 0.253. The predicted octanol–water partition coefficient (Wildman–Crippen LogP) is 2.73. The zero-order valence-electron chi connectivity index (χ0n) is 18.4. The number of rotatable bonds is 4. The number of benzene rings is 1. The van der Waals surface area contributed by atoms with Crippen molar-refractivity contribution < 1.29 is 9.59 Å². The minimum absolute atomic E-state index is 0.0143. The van der Waals surface area contributed by atoms with Gasteiger partial charge in [-0.25, -0.2) is 9.78 Å². The summed E-state index contributed by atoms with van der Waals surface area (Å²) >= 11 is 0. The largest absolute Gasteiger partial charge is 0.355 e. The van der Waals surface area contributed by atoms with Gasteiger partial charge in [-0.1, -0.05) is 37.0 Å². The molecule has 1 aliphatic heterocycles. The molecule has 0 aliphatic carbocycles. The van der Waals surface area contributed by atoms with Gasteiger partial charge in [0.2, 0.25) is 0 Å². The summed E-state index contributed by atoms with van der Waals surface area (Å²) in [5, 5.41) is 7.05. The van der Waals surface area contributed by atoms with Crippen LogP contribution < -0.4 is 20.7 Å². The number of carbonyl (C=O) groups is 2. The number of hydrogen-bond donors (Lipinski definition) is 2. The summed E-state index contributed by atoms with van der Waals surface area (Å²) in [6, 6.07) is 11.6. The number of anilines is 2. The highest BCUT2D eigenvalue weighted by atomic mass is 28.3. The van der Waals surface area contributed by atoms with Gasteiger partial charge in [0, 0.05) is 44.6 Å². The van der Waals surface area contributed by atoms with Crippen LogP contribution >= 0.6 is 0 Å². The van der Waals surface area contributed by atoms with Gasteiger partial charge in [0.05, 0.1) is 13.6 Å². The second-order valence-corrected chi connectivity index (χ2v) is 13.8. The third kappa shape index (κ3) is 4.81. The molecule has 2 heterocycles. The lowest BCUT2D eigenvalue weighted by Gasteiger charge is -2.40. The van der Waals surface area contributed by atoms with E-state index in [4.69, 9.17) is 0 Å². The standard InChI is InChI=1S/C22H31N5O2Si/c1-16-15-26(20-19(21(28)23-2)7-6-12-24-20)13-14-27(16)22(29)25-17-8-10-18(11-9-17)30(3,4)5/h6-12,16H,13-15H2,1-5H3,(H,23,28)(H,25,29)/t16-/m1/s1. The molecular formula is C22H31N5O2Si. The first-order chi connectivity index (χ1) is 14.2. The number of pyridine rings is 1. The Labute approximate surface area is 179 Å². The minimum atomic E-state index is -1.36. The van der Waals surface area contributed by atoms with E-state index in [9.17, 15) is 9.59 Å². The Morgan fingerprint density at radius 3 is 2.40 bits per heavy atom. The van der Waals surface area contributed by atoms with Crippen LogP contribution in [0.25, 0.3) is 0 Å². The molecule has 3 rings (SSSR count). The molecule has 0 bridgehead atoms. The summed E-state index contributed by atoms with van der Waals surface area (Å²) in [4.78, 5) is 33.4. The van der Waals surface area contributed by atoms with Crippen LogP contribution in [0, 0.1) is 0 Å². The van der Waals surface area contributed by atoms with Gasteiger partial charge in [0.1, 0.15) is 5.82 Å². The van der Waals surface area contributed by atoms with Gasteiger partial charge in [-0.05, 0) is 31.2 Å². The minimum Gasteiger partial charge on any atom is -0.355 e. The van der Waals surface area contributed by atoms with Crippen molar-refractivity contribution in [1.82, 2.24) is 15.2 Å². The summed E-state index contributed by atoms with van der Waals surface area (Å²) in [5.41, 5.74) is 1.36. The first-order valence-electron chi connectivity index (χ1n) is 10.3. The molecule has 160 valence electrons. The van der Waals surface area contributed by atoms with Crippen molar-refractivity contribution in [2.24, 2.45) is 0 Å². The summed E-state index contributed by atoms with van der Waals surface area (Å²) < 4.78 is 0. The maximum Gasteiger partial charge on any atom is 0.322 e. The average Bonchev–Trinajstić information content (AvgIpc) is 2.72. The topological polar surface area (TPSA) is 77.6 Å². The molecule has 0 radical (unpaired) electrons. The van der Waals surface area contributed by atoms with Crippen LogP contribution in [0.3, 0.4) is 0 Å². The highest BCUT2D eigenvalue weighted by Crippen LogP contribution is 2.22. The molecule has 2 aromatic rings. The first-order valence-corrected chi connectivity index (χ1v) is 13.8. The Morgan fingerprint density at radius 2 is 1.80 bits per heavy atom. The molecule has 0 saturated carbocycles. The van der Waals surface area contributed by atoms with E-state index in [1.54, 1.807) is 25.4 Å². The lowest BCUT2D eigenvalue weighted by Crippen LogP contribution is -2.55. The maximum atomic E-state index is 12.8. The van der Waals surface area contributed by atoms with Crippen molar-refractivity contribution in [1.29, 1.82) is 0 Å². The number of nitrogens with zero attached hydrogens (tertiary/aromatic N) is 3. The van der Waals surface area contributed by atoms with Gasteiger partial charge in [-0.15, -0.1) is 0 Å². The lowest BCUT2D eigenvalue weighted by atomic mass is 10.1. The van der Waals surface area contributed by atoms with Crippen molar-refractivity contribution in [3.63, 3.8) is 0 Å². The Balaban J connectivity index is 1.66. The molecule has 1 saturated heterocycles. The van der Waals surface area contributed by atoms with E-state index in [1.165, 1.54) is 5.19 Å². The van der Waals surface area contributed by atoms with Crippen molar-refractivity contribution in [2.45, 2.75) is 32.6 Å². The molecule has 3 amide bonds. The number of amides is 3. The maximum absolute atomic E-state index is 12.8. The summed E-state index contributed by atoms with van der Waals surface area (Å²) in [6.07, 6.45) is 1.69. The highest BCUT2D eigenvalue weighted by Gasteiger charge is 2.30. The van der Waals surface area contributed by atoms with Crippen LogP contribution in [0.4, 0.5) is 16.3 Å². The number of piperazine rings is 1. The number of aromatic nitrogens is 1. The number of hydrogen-bond acceptors (Lipinski definition) is 4. The highest BCUT2D eigenvalue weighted by molar-refractivity contribution is 6.88. The van der Waals surface area contributed by atoms with Crippen LogP contribution in [0.15, 0.2) is 42.6 Å². The smallest absolute Gasteiger partial charge is 0.322 e. The normalized spacial score (nSPS) is 16.9. The molecule has 8 heteroatoms. The Morgan fingerprint density at radius 1 is 1.10 bits per heavy atom. The SMILES string of the molecule is CNC(=O)c1cccnc1N1CCN(C(=O)Nc2ccc([Si](C)(C)C)cc2)[C@H](C)C1. The monoisotopic (exact) mass is 425 g/mol. The predicted molar refractivity (Wildman–Crippen MR) is 124 cm³/mol. The summed E-state index contributed by atoms with van der Waals surface area (Å²) in [6.45, 7) is 10.7. The van der Waals surface area contributed by atoms with E-state index in [0.29, 0.717) is 31.0 Å². The third-order valence-electron chi connectivity index (χ3n) is 5.45. The Hall–Kier alpha value is -2.87. The van der Waals surface area contributed by atoms with Crippen LogP contribution in [0.2, 0.25) is 19.6 Å². The van der Waals surface area contributed by atoms with Crippen LogP contribution in [0.5, 0.6) is 0 Å². The molecule has 1 aromatic carbocycles. The lowest BCUT2D eigenvalue weighted by molar-refractivity contribution is 0.0962. The molecule has 1 aliphatic rings. The van der Waals surface area contributed by atoms with E-state index < -0.39 is 8.07 Å². The molecule has 0 unspecified atom stereocenters. The van der Waals surface area contributed by atoms with E-state index >= 15 is 0 Å². The van der Waals surface area contributed by atoms with Gasteiger partial charge in [-0.3, -0.25) is 4.79 Å². The van der Waals surface area contributed by atoms with E-state index in [0.717, 1.165) is 5.69 Å². The zero-order valence-corrected chi connectivity index (χ0v) is 19.4. The molecule has 0 spiro atoms. The van der Waals surface area contributed by atoms with E-state index in [-0.39, 0.29) is 18.0 Å². The van der Waals surface area contributed by atoms with Gasteiger partial charge in [0.15, 0.2) is 0 Å². The number of carbonyl (C=O) groups excluding carboxylic acids is 2. The van der Waals surface area contributed by atoms with Gasteiger partial charge >= 0.3 is 6.03 Å². The molecule has 1 fully saturated rings. The Bertz CT molecular complexity index is 910. The molecule has 30 heavy (non-hydrogen) atoms. The van der Waals surface area contributed by atoms with Crippen LogP contribution in [0.1, 0.15) is 17.3 Å². The van der Waals surface area contributed by atoms with E-state index in [1.807, 2.05) is 24.0 Å². The fourth-order valence-electron chi connectivity index (χ4n) is 3.66. The van der Waals surface area contributed by atoms with Crippen molar-refractivity contribution in [3.8, 4) is 0 Å². The fourth-order valence-corrected chi connectivity index (χ4v) is 4.83. The van der Waals surface area contributed by atoms with Crippen LogP contribution in [-0.2, 0) is 0 Å². The number of urea groups is 1. The van der Waals surface area contributed by atoms with Gasteiger partial charge in [-0.2, -0.15) is 0 Å². The number of nitrogens with one attached hydrogen (secondary N) is 2. The molecular weight excluding hydrogens is 394 g/mol. The van der Waals surface area contributed by atoms with Crippen molar-refractivity contribution >= 4 is 36.7 Å². The quantitative estimate of drug-likeness (QED) is 0.739.